The van der Waals surface area contributed by atoms with Crippen LogP contribution >= 0.6 is 0 Å². The molecule has 3 N–H and O–H groups in total. The van der Waals surface area contributed by atoms with Gasteiger partial charge >= 0.3 is 0 Å². The van der Waals surface area contributed by atoms with Gasteiger partial charge in [-0.2, -0.15) is 0 Å². The first-order chi connectivity index (χ1) is 2.89. The SMILES string of the molecule is C.NC1=NCCN1. The van der Waals surface area contributed by atoms with Gasteiger partial charge in [0.1, 0.15) is 0 Å². The molecule has 3 heteroatoms. The van der Waals surface area contributed by atoms with Crippen molar-refractivity contribution in [2.24, 2.45) is 10.7 Å². The molecule has 3 nitrogen and oxygen atoms in total. The van der Waals surface area contributed by atoms with Gasteiger partial charge in [-0.3, -0.25) is 4.99 Å². The van der Waals surface area contributed by atoms with Crippen LogP contribution in [0.4, 0.5) is 0 Å². The molecule has 1 rings (SSSR count). The number of guanidine groups is 1. The average molecular weight is 101 g/mol. The van der Waals surface area contributed by atoms with Crippen LogP contribution in [0.5, 0.6) is 0 Å². The van der Waals surface area contributed by atoms with E-state index in [4.69, 9.17) is 5.73 Å². The standard InChI is InChI=1S/C3H7N3.CH4/c4-3-5-1-2-6-3;/h1-2H2,(H3,4,5,6);1H4. The second-order valence-corrected chi connectivity index (χ2v) is 1.19. The van der Waals surface area contributed by atoms with Crippen LogP contribution < -0.4 is 11.1 Å². The first-order valence-electron chi connectivity index (χ1n) is 1.93. The monoisotopic (exact) mass is 101 g/mol. The zero-order valence-corrected chi connectivity index (χ0v) is 3.44. The van der Waals surface area contributed by atoms with Gasteiger partial charge in [0.2, 0.25) is 0 Å². The van der Waals surface area contributed by atoms with Crippen LogP contribution in [0.15, 0.2) is 4.99 Å². The first kappa shape index (κ1) is 6.27. The fraction of sp³-hybridized carbons (Fsp3) is 0.750. The number of aliphatic imine (C=N–C) groups is 1. The lowest BCUT2D eigenvalue weighted by atomic mass is 10.7. The van der Waals surface area contributed by atoms with Crippen molar-refractivity contribution in [2.45, 2.75) is 7.43 Å². The summed E-state index contributed by atoms with van der Waals surface area (Å²) >= 11 is 0. The predicted octanol–water partition coefficient (Wildman–Crippen LogP) is -0.460. The molecule has 42 valence electrons. The molecule has 0 bridgehead atoms. The third kappa shape index (κ3) is 1.43. The largest absolute Gasteiger partial charge is 0.370 e. The van der Waals surface area contributed by atoms with Crippen molar-refractivity contribution in [3.63, 3.8) is 0 Å². The number of nitrogens with two attached hydrogens (primary N) is 1. The normalized spacial score (nSPS) is 16.9. The molecule has 0 aromatic heterocycles. The van der Waals surface area contributed by atoms with Crippen molar-refractivity contribution in [2.75, 3.05) is 13.1 Å². The Hall–Kier alpha value is -0.730. The maximum absolute atomic E-state index is 5.17. The highest BCUT2D eigenvalue weighted by Crippen LogP contribution is 1.74. The van der Waals surface area contributed by atoms with E-state index in [9.17, 15) is 0 Å². The van der Waals surface area contributed by atoms with Crippen molar-refractivity contribution < 1.29 is 0 Å². The Bertz CT molecular complexity index is 77.0. The Morgan fingerprint density at radius 3 is 2.57 bits per heavy atom. The van der Waals surface area contributed by atoms with Gasteiger partial charge in [0.05, 0.1) is 6.54 Å². The molecule has 1 aliphatic heterocycles. The fourth-order valence-electron chi connectivity index (χ4n) is 0.416. The summed E-state index contributed by atoms with van der Waals surface area (Å²) in [6.45, 7) is 1.75. The molecular weight excluding hydrogens is 90.1 g/mol. The number of nitrogens with zero attached hydrogens (tertiary/aromatic N) is 1. The molecule has 0 fully saturated rings. The van der Waals surface area contributed by atoms with Crippen molar-refractivity contribution in [1.82, 2.24) is 5.32 Å². The summed E-state index contributed by atoms with van der Waals surface area (Å²) < 4.78 is 0. The number of hydrogen-bond acceptors (Lipinski definition) is 3. The Morgan fingerprint density at radius 1 is 1.71 bits per heavy atom. The molecule has 0 radical (unpaired) electrons. The minimum absolute atomic E-state index is 0. The molecule has 0 saturated carbocycles. The molecule has 7 heavy (non-hydrogen) atoms. The van der Waals surface area contributed by atoms with E-state index in [1.54, 1.807) is 0 Å². The topological polar surface area (TPSA) is 50.4 Å². The van der Waals surface area contributed by atoms with Crippen LogP contribution in [0.2, 0.25) is 0 Å². The zero-order valence-electron chi connectivity index (χ0n) is 3.44. The number of hydrogen-bond donors (Lipinski definition) is 2. The lowest BCUT2D eigenvalue weighted by Crippen LogP contribution is -2.26. The summed E-state index contributed by atoms with van der Waals surface area (Å²) in [7, 11) is 0. The van der Waals surface area contributed by atoms with Gasteiger partial charge in [0, 0.05) is 6.54 Å². The van der Waals surface area contributed by atoms with Gasteiger partial charge in [-0.05, 0) is 0 Å². The summed E-state index contributed by atoms with van der Waals surface area (Å²) in [6, 6.07) is 0. The Balaban J connectivity index is 0.000000360. The zero-order chi connectivity index (χ0) is 4.41. The molecule has 0 aliphatic carbocycles. The summed E-state index contributed by atoms with van der Waals surface area (Å²) in [5.74, 6) is 0.579. The minimum atomic E-state index is 0. The van der Waals surface area contributed by atoms with Crippen LogP contribution in [0, 0.1) is 0 Å². The first-order valence-corrected chi connectivity index (χ1v) is 1.93. The second-order valence-electron chi connectivity index (χ2n) is 1.19. The lowest BCUT2D eigenvalue weighted by Gasteiger charge is -1.85. The Kier molecular flexibility index (Phi) is 2.19. The minimum Gasteiger partial charge on any atom is -0.370 e. The predicted molar refractivity (Wildman–Crippen MR) is 31.2 cm³/mol. The Labute approximate surface area is 43.6 Å². The van der Waals surface area contributed by atoms with Gasteiger partial charge in [0.25, 0.3) is 0 Å². The average Bonchev–Trinajstić information content (AvgIpc) is 1.86. The van der Waals surface area contributed by atoms with Gasteiger partial charge in [-0.15, -0.1) is 0 Å². The molecule has 1 heterocycles. The molecule has 0 unspecified atom stereocenters. The van der Waals surface area contributed by atoms with Crippen LogP contribution in [0.3, 0.4) is 0 Å². The molecule has 0 atom stereocenters. The highest BCUT2D eigenvalue weighted by Gasteiger charge is 1.94. The quantitative estimate of drug-likeness (QED) is 0.434. The van der Waals surface area contributed by atoms with Crippen molar-refractivity contribution in [3.8, 4) is 0 Å². The van der Waals surface area contributed by atoms with Crippen LogP contribution in [0.1, 0.15) is 7.43 Å². The van der Waals surface area contributed by atoms with Crippen molar-refractivity contribution >= 4 is 5.96 Å². The molecular formula is C4H11N3. The van der Waals surface area contributed by atoms with E-state index in [0.29, 0.717) is 5.96 Å². The van der Waals surface area contributed by atoms with E-state index in [2.05, 4.69) is 10.3 Å². The van der Waals surface area contributed by atoms with Crippen LogP contribution in [-0.4, -0.2) is 19.0 Å². The van der Waals surface area contributed by atoms with Crippen molar-refractivity contribution in [1.29, 1.82) is 0 Å². The molecule has 0 amide bonds. The summed E-state index contributed by atoms with van der Waals surface area (Å²) in [4.78, 5) is 3.82. The van der Waals surface area contributed by atoms with E-state index in [0.717, 1.165) is 13.1 Å². The highest BCUT2D eigenvalue weighted by molar-refractivity contribution is 5.79. The van der Waals surface area contributed by atoms with E-state index >= 15 is 0 Å². The Morgan fingerprint density at radius 2 is 2.43 bits per heavy atom. The third-order valence-electron chi connectivity index (χ3n) is 0.700. The second kappa shape index (κ2) is 2.44. The third-order valence-corrected chi connectivity index (χ3v) is 0.700. The van der Waals surface area contributed by atoms with Crippen LogP contribution in [0.25, 0.3) is 0 Å². The van der Waals surface area contributed by atoms with Gasteiger partial charge < -0.3 is 11.1 Å². The number of nitrogens with one attached hydrogen (secondary N) is 1. The van der Waals surface area contributed by atoms with Crippen LogP contribution in [-0.2, 0) is 0 Å². The lowest BCUT2D eigenvalue weighted by molar-refractivity contribution is 0.957. The van der Waals surface area contributed by atoms with E-state index in [1.807, 2.05) is 0 Å². The maximum atomic E-state index is 5.17. The van der Waals surface area contributed by atoms with Gasteiger partial charge in [-0.25, -0.2) is 0 Å². The van der Waals surface area contributed by atoms with E-state index in [1.165, 1.54) is 0 Å². The van der Waals surface area contributed by atoms with E-state index in [-0.39, 0.29) is 7.43 Å². The number of rotatable bonds is 0. The fourth-order valence-corrected chi connectivity index (χ4v) is 0.416. The smallest absolute Gasteiger partial charge is 0.188 e. The van der Waals surface area contributed by atoms with Crippen molar-refractivity contribution in [3.05, 3.63) is 0 Å². The summed E-state index contributed by atoms with van der Waals surface area (Å²) in [6.07, 6.45) is 0. The highest BCUT2D eigenvalue weighted by atomic mass is 15.1. The van der Waals surface area contributed by atoms with Gasteiger partial charge in [0.15, 0.2) is 5.96 Å². The molecule has 0 spiro atoms. The maximum Gasteiger partial charge on any atom is 0.188 e. The summed E-state index contributed by atoms with van der Waals surface area (Å²) in [5, 5.41) is 2.85. The summed E-state index contributed by atoms with van der Waals surface area (Å²) in [5.41, 5.74) is 5.17. The van der Waals surface area contributed by atoms with E-state index < -0.39 is 0 Å². The molecule has 1 aliphatic rings. The molecule has 0 aromatic carbocycles. The van der Waals surface area contributed by atoms with Gasteiger partial charge in [-0.1, -0.05) is 7.43 Å². The molecule has 0 saturated heterocycles. The molecule has 0 aromatic rings.